The number of aromatic hydroxyl groups is 1. The summed E-state index contributed by atoms with van der Waals surface area (Å²) in [4.78, 5) is 39.3. The van der Waals surface area contributed by atoms with E-state index in [4.69, 9.17) is 5.11 Å². The fraction of sp³-hybridized carbons (Fsp3) is 0.118. The number of aromatic carboxylic acids is 2. The molecule has 0 saturated carbocycles. The first-order chi connectivity index (χ1) is 22.3. The smallest absolute Gasteiger partial charge is 0.335 e. The molecule has 1 heterocycles. The van der Waals surface area contributed by atoms with E-state index in [2.05, 4.69) is 4.98 Å². The Morgan fingerprint density at radius 1 is 0.787 bits per heavy atom. The molecule has 1 aromatic heterocycles. The normalized spacial score (nSPS) is 10.2. The van der Waals surface area contributed by atoms with Crippen LogP contribution in [0.3, 0.4) is 0 Å². The van der Waals surface area contributed by atoms with Crippen molar-refractivity contribution < 1.29 is 48.0 Å². The van der Waals surface area contributed by atoms with E-state index < -0.39 is 29.4 Å². The predicted molar refractivity (Wildman–Crippen MR) is 168 cm³/mol. The van der Waals surface area contributed by atoms with Crippen LogP contribution in [0, 0.1) is 17.5 Å². The largest absolute Gasteiger partial charge is 0.507 e. The second kappa shape index (κ2) is 15.9. The lowest BCUT2D eigenvalue weighted by Crippen LogP contribution is -2.07. The molecule has 0 aliphatic rings. The molecule has 1 amide bonds. The van der Waals surface area contributed by atoms with Crippen molar-refractivity contribution in [2.24, 2.45) is 0 Å². The fourth-order valence-electron chi connectivity index (χ4n) is 4.21. The average molecular weight is 650 g/mol. The van der Waals surface area contributed by atoms with E-state index in [9.17, 15) is 42.9 Å². The summed E-state index contributed by atoms with van der Waals surface area (Å²) in [5, 5.41) is 37.6. The standard InChI is InChI=1S/C29H17F3N2O5.C3H7NO.C2H6O/c30-19-5-1-15(2-6-19)25-26(16-3-7-20(31)8-4-16)34(27(33-25)23-14-21(32)9-10-24(23)35)22-12-17(28(36)37)11-18(13-22)29(38)39;1-4(2)3-5;1-2-3/h1-14,35H,(H,36,37)(H,38,39);3H,1-2H3;3H,2H2,1H3. The van der Waals surface area contributed by atoms with Crippen LogP contribution in [0.5, 0.6) is 5.75 Å². The van der Waals surface area contributed by atoms with Gasteiger partial charge in [0.05, 0.1) is 28.1 Å². The Labute approximate surface area is 267 Å². The highest BCUT2D eigenvalue weighted by Crippen LogP contribution is 2.41. The Bertz CT molecular complexity index is 1840. The summed E-state index contributed by atoms with van der Waals surface area (Å²) >= 11 is 0. The first kappa shape index (κ1) is 35.5. The second-order valence-electron chi connectivity index (χ2n) is 9.91. The van der Waals surface area contributed by atoms with E-state index in [-0.39, 0.29) is 51.9 Å². The van der Waals surface area contributed by atoms with Gasteiger partial charge in [0.25, 0.3) is 0 Å². The molecular weight excluding hydrogens is 619 g/mol. The maximum absolute atomic E-state index is 14.4. The fourth-order valence-corrected chi connectivity index (χ4v) is 4.21. The van der Waals surface area contributed by atoms with Gasteiger partial charge in [-0.05, 0) is 91.9 Å². The van der Waals surface area contributed by atoms with Gasteiger partial charge in [-0.15, -0.1) is 0 Å². The molecule has 0 fully saturated rings. The van der Waals surface area contributed by atoms with Crippen LogP contribution in [0.4, 0.5) is 13.2 Å². The zero-order chi connectivity index (χ0) is 34.8. The lowest BCUT2D eigenvalue weighted by atomic mass is 10.0. The first-order valence-electron chi connectivity index (χ1n) is 13.8. The molecular formula is C34H30F3N3O7. The van der Waals surface area contributed by atoms with Gasteiger partial charge in [0.1, 0.15) is 29.0 Å². The molecule has 0 unspecified atom stereocenters. The number of nitrogens with zero attached hydrogens (tertiary/aromatic N) is 3. The Morgan fingerprint density at radius 3 is 1.68 bits per heavy atom. The summed E-state index contributed by atoms with van der Waals surface area (Å²) in [6.45, 7) is 1.93. The highest BCUT2D eigenvalue weighted by molar-refractivity contribution is 5.95. The van der Waals surface area contributed by atoms with Crippen LogP contribution in [0.15, 0.2) is 84.9 Å². The number of benzene rings is 4. The van der Waals surface area contributed by atoms with E-state index in [1.54, 1.807) is 21.0 Å². The van der Waals surface area contributed by atoms with E-state index >= 15 is 0 Å². The summed E-state index contributed by atoms with van der Waals surface area (Å²) in [6.07, 6.45) is 0.750. The van der Waals surface area contributed by atoms with Crippen molar-refractivity contribution >= 4 is 18.3 Å². The first-order valence-corrected chi connectivity index (χ1v) is 13.8. The van der Waals surface area contributed by atoms with Crippen LogP contribution in [0.1, 0.15) is 27.6 Å². The van der Waals surface area contributed by atoms with Crippen molar-refractivity contribution in [2.75, 3.05) is 20.7 Å². The third-order valence-corrected chi connectivity index (χ3v) is 6.19. The Hall–Kier alpha value is -5.95. The number of amides is 1. The topological polar surface area (TPSA) is 153 Å². The van der Waals surface area contributed by atoms with Crippen molar-refractivity contribution in [3.05, 3.63) is 114 Å². The second-order valence-corrected chi connectivity index (χ2v) is 9.91. The Kier molecular flexibility index (Phi) is 12.0. The number of rotatable bonds is 7. The quantitative estimate of drug-likeness (QED) is 0.155. The minimum atomic E-state index is -1.41. The number of hydrogen-bond acceptors (Lipinski definition) is 6. The van der Waals surface area contributed by atoms with E-state index in [0.717, 1.165) is 30.7 Å². The van der Waals surface area contributed by atoms with Crippen molar-refractivity contribution in [1.29, 1.82) is 0 Å². The van der Waals surface area contributed by atoms with Crippen molar-refractivity contribution in [1.82, 2.24) is 14.5 Å². The van der Waals surface area contributed by atoms with Gasteiger partial charge < -0.3 is 25.3 Å². The lowest BCUT2D eigenvalue weighted by molar-refractivity contribution is -0.115. The number of aliphatic hydroxyl groups excluding tert-OH is 1. The van der Waals surface area contributed by atoms with Crippen LogP contribution in [-0.2, 0) is 4.79 Å². The lowest BCUT2D eigenvalue weighted by Gasteiger charge is -2.16. The van der Waals surface area contributed by atoms with Crippen molar-refractivity contribution in [3.8, 4) is 45.3 Å². The number of hydrogen-bond donors (Lipinski definition) is 4. The molecule has 47 heavy (non-hydrogen) atoms. The zero-order valence-electron chi connectivity index (χ0n) is 25.4. The third kappa shape index (κ3) is 8.83. The Balaban J connectivity index is 0.000000676. The van der Waals surface area contributed by atoms with Gasteiger partial charge in [-0.2, -0.15) is 0 Å². The summed E-state index contributed by atoms with van der Waals surface area (Å²) in [6, 6.07) is 16.9. The molecule has 4 N–H and O–H groups in total. The van der Waals surface area contributed by atoms with Crippen molar-refractivity contribution in [2.45, 2.75) is 6.92 Å². The predicted octanol–water partition coefficient (Wildman–Crippen LogP) is 6.10. The molecule has 0 atom stereocenters. The molecule has 13 heteroatoms. The van der Waals surface area contributed by atoms with E-state index in [1.165, 1.54) is 70.1 Å². The van der Waals surface area contributed by atoms with Crippen molar-refractivity contribution in [3.63, 3.8) is 0 Å². The van der Waals surface area contributed by atoms with Gasteiger partial charge in [-0.1, -0.05) is 0 Å². The maximum atomic E-state index is 14.4. The molecule has 0 radical (unpaired) electrons. The van der Waals surface area contributed by atoms with Gasteiger partial charge in [-0.25, -0.2) is 27.7 Å². The number of phenolic OH excluding ortho intramolecular Hbond substituents is 1. The molecule has 0 saturated heterocycles. The SMILES string of the molecule is CCO.CN(C)C=O.O=C(O)c1cc(C(=O)O)cc(-n2c(-c3cc(F)ccc3O)nc(-c3ccc(F)cc3)c2-c2ccc(F)cc2)c1. The van der Waals surface area contributed by atoms with Crippen LogP contribution < -0.4 is 0 Å². The molecule has 0 spiro atoms. The summed E-state index contributed by atoms with van der Waals surface area (Å²) < 4.78 is 43.4. The van der Waals surface area contributed by atoms with Crippen LogP contribution in [0.25, 0.3) is 39.6 Å². The van der Waals surface area contributed by atoms with Gasteiger partial charge in [-0.3, -0.25) is 9.36 Å². The molecule has 0 bridgehead atoms. The molecule has 4 aromatic carbocycles. The number of carboxylic acids is 2. The van der Waals surface area contributed by atoms with E-state index in [1.807, 2.05) is 0 Å². The summed E-state index contributed by atoms with van der Waals surface area (Å²) in [5.74, 6) is -5.04. The zero-order valence-corrected chi connectivity index (χ0v) is 25.4. The average Bonchev–Trinajstić information content (AvgIpc) is 3.43. The highest BCUT2D eigenvalue weighted by atomic mass is 19.1. The van der Waals surface area contributed by atoms with Gasteiger partial charge in [0, 0.05) is 37.5 Å². The molecule has 0 aliphatic carbocycles. The summed E-state index contributed by atoms with van der Waals surface area (Å²) in [7, 11) is 3.38. The number of aliphatic hydroxyl groups is 1. The van der Waals surface area contributed by atoms with Crippen LogP contribution in [0.2, 0.25) is 0 Å². The number of halogens is 3. The minimum Gasteiger partial charge on any atom is -0.507 e. The molecule has 10 nitrogen and oxygen atoms in total. The van der Waals surface area contributed by atoms with E-state index in [0.29, 0.717) is 11.1 Å². The number of carbonyl (C=O) groups is 3. The monoisotopic (exact) mass is 649 g/mol. The number of carboxylic acid groups (broad SMARTS) is 2. The minimum absolute atomic E-state index is 0.00569. The number of imidazole rings is 1. The van der Waals surface area contributed by atoms with Gasteiger partial charge in [0.2, 0.25) is 6.41 Å². The number of aromatic nitrogens is 2. The maximum Gasteiger partial charge on any atom is 0.335 e. The Morgan fingerprint density at radius 2 is 1.23 bits per heavy atom. The van der Waals surface area contributed by atoms with Gasteiger partial charge in [0.15, 0.2) is 0 Å². The van der Waals surface area contributed by atoms with Gasteiger partial charge >= 0.3 is 11.9 Å². The van der Waals surface area contributed by atoms with Crippen LogP contribution >= 0.6 is 0 Å². The molecule has 5 aromatic rings. The number of carbonyl (C=O) groups excluding carboxylic acids is 1. The number of phenols is 1. The van der Waals surface area contributed by atoms with Crippen LogP contribution in [-0.4, -0.2) is 73.9 Å². The third-order valence-electron chi connectivity index (χ3n) is 6.19. The molecule has 5 rings (SSSR count). The molecule has 244 valence electrons. The highest BCUT2D eigenvalue weighted by Gasteiger charge is 2.26. The molecule has 0 aliphatic heterocycles. The summed E-state index contributed by atoms with van der Waals surface area (Å²) in [5.41, 5.74) is 0.359.